The number of alkyl halides is 3. The molecule has 1 N–H and O–H groups in total. The summed E-state index contributed by atoms with van der Waals surface area (Å²) in [4.78, 5) is 10.4. The lowest BCUT2D eigenvalue weighted by Gasteiger charge is -2.28. The Balaban J connectivity index is 1.97. The SMILES string of the molecule is Cc1nc2c3cc(C(F)(F)F)sc3nc(N3CCNCC3)n2n1. The quantitative estimate of drug-likeness (QED) is 0.734. The molecule has 3 aromatic rings. The van der Waals surface area contributed by atoms with Crippen molar-refractivity contribution < 1.29 is 13.2 Å². The molecule has 4 rings (SSSR count). The van der Waals surface area contributed by atoms with E-state index in [1.807, 2.05) is 4.90 Å². The van der Waals surface area contributed by atoms with Gasteiger partial charge in [0.2, 0.25) is 5.95 Å². The van der Waals surface area contributed by atoms with E-state index in [2.05, 4.69) is 20.4 Å². The number of aryl methyl sites for hydroxylation is 1. The van der Waals surface area contributed by atoms with Crippen LogP contribution in [0.5, 0.6) is 0 Å². The second-order valence-corrected chi connectivity index (χ2v) is 6.40. The van der Waals surface area contributed by atoms with Gasteiger partial charge in [-0.1, -0.05) is 0 Å². The first-order valence-electron chi connectivity index (χ1n) is 7.13. The zero-order valence-corrected chi connectivity index (χ0v) is 13.0. The summed E-state index contributed by atoms with van der Waals surface area (Å²) in [6, 6.07) is 1.11. The third-order valence-corrected chi connectivity index (χ3v) is 4.81. The number of anilines is 1. The lowest BCUT2D eigenvalue weighted by Crippen LogP contribution is -2.44. The molecule has 1 saturated heterocycles. The van der Waals surface area contributed by atoms with Crippen molar-refractivity contribution in [2.24, 2.45) is 0 Å². The third-order valence-electron chi connectivity index (χ3n) is 3.74. The van der Waals surface area contributed by atoms with Gasteiger partial charge in [0, 0.05) is 26.2 Å². The van der Waals surface area contributed by atoms with E-state index in [0.717, 1.165) is 32.2 Å². The van der Waals surface area contributed by atoms with E-state index in [0.29, 0.717) is 39.0 Å². The van der Waals surface area contributed by atoms with E-state index in [1.54, 1.807) is 11.4 Å². The van der Waals surface area contributed by atoms with Crippen LogP contribution in [0.2, 0.25) is 0 Å². The molecule has 23 heavy (non-hydrogen) atoms. The Bertz CT molecular complexity index is 877. The number of rotatable bonds is 1. The topological polar surface area (TPSA) is 58.4 Å². The number of nitrogens with one attached hydrogen (secondary N) is 1. The predicted octanol–water partition coefficient (Wildman–Crippen LogP) is 2.08. The van der Waals surface area contributed by atoms with Crippen LogP contribution in [0.4, 0.5) is 19.1 Å². The molecule has 10 heteroatoms. The van der Waals surface area contributed by atoms with Gasteiger partial charge < -0.3 is 10.2 Å². The van der Waals surface area contributed by atoms with Crippen LogP contribution in [-0.4, -0.2) is 45.8 Å². The minimum atomic E-state index is -4.38. The van der Waals surface area contributed by atoms with Gasteiger partial charge in [0.15, 0.2) is 5.65 Å². The van der Waals surface area contributed by atoms with Crippen LogP contribution >= 0.6 is 11.3 Å². The van der Waals surface area contributed by atoms with Crippen molar-refractivity contribution >= 4 is 33.1 Å². The van der Waals surface area contributed by atoms with Crippen LogP contribution in [0.25, 0.3) is 15.9 Å². The normalized spacial score (nSPS) is 16.6. The Morgan fingerprint density at radius 1 is 1.22 bits per heavy atom. The van der Waals surface area contributed by atoms with Gasteiger partial charge in [0.05, 0.1) is 5.39 Å². The summed E-state index contributed by atoms with van der Waals surface area (Å²) in [6.45, 7) is 4.77. The fraction of sp³-hybridized carbons (Fsp3) is 0.462. The average Bonchev–Trinajstić information content (AvgIpc) is 3.09. The molecule has 3 aromatic heterocycles. The van der Waals surface area contributed by atoms with Gasteiger partial charge in [0.25, 0.3) is 0 Å². The molecule has 0 bridgehead atoms. The summed E-state index contributed by atoms with van der Waals surface area (Å²) < 4.78 is 40.6. The first kappa shape index (κ1) is 14.6. The average molecular weight is 342 g/mol. The summed E-state index contributed by atoms with van der Waals surface area (Å²) in [5, 5.41) is 7.94. The van der Waals surface area contributed by atoms with E-state index in [-0.39, 0.29) is 0 Å². The lowest BCUT2D eigenvalue weighted by molar-refractivity contribution is -0.134. The summed E-state index contributed by atoms with van der Waals surface area (Å²) >= 11 is 0.647. The van der Waals surface area contributed by atoms with E-state index in [4.69, 9.17) is 0 Å². The zero-order valence-electron chi connectivity index (χ0n) is 12.2. The molecule has 1 aliphatic rings. The largest absolute Gasteiger partial charge is 0.425 e. The number of halogens is 3. The lowest BCUT2D eigenvalue weighted by atomic mass is 10.3. The first-order valence-corrected chi connectivity index (χ1v) is 7.95. The van der Waals surface area contributed by atoms with Crippen LogP contribution in [0.15, 0.2) is 6.07 Å². The number of nitrogens with zero attached hydrogens (tertiary/aromatic N) is 5. The monoisotopic (exact) mass is 342 g/mol. The van der Waals surface area contributed by atoms with Crippen molar-refractivity contribution in [1.82, 2.24) is 24.9 Å². The van der Waals surface area contributed by atoms with Crippen molar-refractivity contribution in [3.8, 4) is 0 Å². The van der Waals surface area contributed by atoms with E-state index in [9.17, 15) is 13.2 Å². The predicted molar refractivity (Wildman–Crippen MR) is 81.0 cm³/mol. The van der Waals surface area contributed by atoms with Crippen LogP contribution in [-0.2, 0) is 6.18 Å². The molecule has 0 amide bonds. The highest BCUT2D eigenvalue weighted by atomic mass is 32.1. The number of piperazine rings is 1. The van der Waals surface area contributed by atoms with E-state index >= 15 is 0 Å². The Hall–Kier alpha value is -1.94. The van der Waals surface area contributed by atoms with E-state index in [1.165, 1.54) is 0 Å². The van der Waals surface area contributed by atoms with Gasteiger partial charge in [0.1, 0.15) is 15.5 Å². The van der Waals surface area contributed by atoms with Gasteiger partial charge in [-0.25, -0.2) is 9.97 Å². The smallest absolute Gasteiger partial charge is 0.338 e. The van der Waals surface area contributed by atoms with Crippen LogP contribution < -0.4 is 10.2 Å². The minimum absolute atomic E-state index is 0.339. The molecule has 0 unspecified atom stereocenters. The Kier molecular flexibility index (Phi) is 3.20. The highest BCUT2D eigenvalue weighted by molar-refractivity contribution is 7.18. The number of fused-ring (bicyclic) bond motifs is 3. The Labute approximate surface area is 132 Å². The van der Waals surface area contributed by atoms with Gasteiger partial charge in [-0.05, 0) is 13.0 Å². The maximum atomic E-state index is 13.0. The van der Waals surface area contributed by atoms with Crippen molar-refractivity contribution in [2.45, 2.75) is 13.1 Å². The molecular formula is C13H13F3N6S. The first-order chi connectivity index (χ1) is 10.9. The molecular weight excluding hydrogens is 329 g/mol. The summed E-state index contributed by atoms with van der Waals surface area (Å²) in [6.07, 6.45) is -4.38. The summed E-state index contributed by atoms with van der Waals surface area (Å²) in [5.41, 5.74) is 0.424. The fourth-order valence-corrected chi connectivity index (χ4v) is 3.59. The standard InChI is InChI=1S/C13H13F3N6S/c1-7-18-10-8-6-9(13(14,15)16)23-11(8)19-12(22(10)20-7)21-4-2-17-3-5-21/h6,17H,2-5H2,1H3. The van der Waals surface area contributed by atoms with E-state index < -0.39 is 11.1 Å². The molecule has 0 atom stereocenters. The van der Waals surface area contributed by atoms with Crippen molar-refractivity contribution in [3.05, 3.63) is 16.8 Å². The van der Waals surface area contributed by atoms with Gasteiger partial charge in [-0.15, -0.1) is 16.4 Å². The van der Waals surface area contributed by atoms with Gasteiger partial charge >= 0.3 is 6.18 Å². The molecule has 4 heterocycles. The van der Waals surface area contributed by atoms with Crippen LogP contribution in [0.1, 0.15) is 10.7 Å². The van der Waals surface area contributed by atoms with Crippen LogP contribution in [0, 0.1) is 6.92 Å². The Morgan fingerprint density at radius 3 is 2.65 bits per heavy atom. The van der Waals surface area contributed by atoms with Crippen molar-refractivity contribution in [2.75, 3.05) is 31.1 Å². The van der Waals surface area contributed by atoms with Crippen LogP contribution in [0.3, 0.4) is 0 Å². The second-order valence-electron chi connectivity index (χ2n) is 5.37. The molecule has 6 nitrogen and oxygen atoms in total. The molecule has 0 aliphatic carbocycles. The molecule has 0 radical (unpaired) electrons. The van der Waals surface area contributed by atoms with Crippen molar-refractivity contribution in [1.29, 1.82) is 0 Å². The maximum Gasteiger partial charge on any atom is 0.425 e. The van der Waals surface area contributed by atoms with Gasteiger partial charge in [-0.3, -0.25) is 0 Å². The summed E-state index contributed by atoms with van der Waals surface area (Å²) in [7, 11) is 0. The highest BCUT2D eigenvalue weighted by Gasteiger charge is 2.34. The maximum absolute atomic E-state index is 13.0. The molecule has 0 aromatic carbocycles. The third kappa shape index (κ3) is 2.41. The zero-order chi connectivity index (χ0) is 16.2. The fourth-order valence-electron chi connectivity index (χ4n) is 2.70. The second kappa shape index (κ2) is 5.03. The molecule has 1 aliphatic heterocycles. The van der Waals surface area contributed by atoms with Gasteiger partial charge in [-0.2, -0.15) is 17.7 Å². The highest BCUT2D eigenvalue weighted by Crippen LogP contribution is 2.39. The minimum Gasteiger partial charge on any atom is -0.338 e. The Morgan fingerprint density at radius 2 is 1.96 bits per heavy atom. The molecule has 122 valence electrons. The van der Waals surface area contributed by atoms with Crippen molar-refractivity contribution in [3.63, 3.8) is 0 Å². The number of thiophene rings is 1. The molecule has 0 saturated carbocycles. The molecule has 1 fully saturated rings. The molecule has 0 spiro atoms. The number of hydrogen-bond acceptors (Lipinski definition) is 6. The summed E-state index contributed by atoms with van der Waals surface area (Å²) in [5.74, 6) is 1.06. The number of hydrogen-bond donors (Lipinski definition) is 1. The number of aromatic nitrogens is 4.